The van der Waals surface area contributed by atoms with E-state index >= 15 is 0 Å². The van der Waals surface area contributed by atoms with Gasteiger partial charge in [-0.25, -0.2) is 0 Å². The summed E-state index contributed by atoms with van der Waals surface area (Å²) in [5, 5.41) is 8.85. The summed E-state index contributed by atoms with van der Waals surface area (Å²) in [6, 6.07) is 0.411. The molecule has 0 amide bonds. The summed E-state index contributed by atoms with van der Waals surface area (Å²) >= 11 is 0. The van der Waals surface area contributed by atoms with E-state index in [1.165, 1.54) is 0 Å². The molecule has 1 aliphatic heterocycles. The molecule has 1 rings (SSSR count). The monoisotopic (exact) mass is 167 g/mol. The van der Waals surface area contributed by atoms with E-state index in [-0.39, 0.29) is 0 Å². The molecule has 0 radical (unpaired) electrons. The van der Waals surface area contributed by atoms with Gasteiger partial charge in [0.2, 0.25) is 0 Å². The Morgan fingerprint density at radius 2 is 2.08 bits per heavy atom. The van der Waals surface area contributed by atoms with Crippen LogP contribution in [0.2, 0.25) is 0 Å². The summed E-state index contributed by atoms with van der Waals surface area (Å²) in [5.41, 5.74) is 0. The van der Waals surface area contributed by atoms with Gasteiger partial charge in [-0.2, -0.15) is 5.26 Å². The van der Waals surface area contributed by atoms with E-state index in [1.807, 2.05) is 4.90 Å². The summed E-state index contributed by atoms with van der Waals surface area (Å²) in [4.78, 5) is 4.20. The number of piperazine rings is 1. The lowest BCUT2D eigenvalue weighted by atomic mass is 10.0. The van der Waals surface area contributed by atoms with E-state index in [0.29, 0.717) is 12.0 Å². The molecule has 3 nitrogen and oxygen atoms in total. The van der Waals surface area contributed by atoms with Crippen molar-refractivity contribution in [1.29, 1.82) is 5.26 Å². The largest absolute Gasteiger partial charge is 0.305 e. The van der Waals surface area contributed by atoms with Crippen LogP contribution in [0, 0.1) is 17.4 Å². The van der Waals surface area contributed by atoms with Crippen LogP contribution in [-0.2, 0) is 0 Å². The molecule has 1 saturated heterocycles. The van der Waals surface area contributed by atoms with E-state index in [4.69, 9.17) is 5.26 Å². The lowest BCUT2D eigenvalue weighted by Gasteiger charge is -2.38. The molecule has 3 heteroatoms. The number of hydrogen-bond acceptors (Lipinski definition) is 3. The predicted molar refractivity (Wildman–Crippen MR) is 48.4 cm³/mol. The third-order valence-corrected chi connectivity index (χ3v) is 2.52. The van der Waals surface area contributed by atoms with Crippen molar-refractivity contribution in [1.82, 2.24) is 9.80 Å². The van der Waals surface area contributed by atoms with Crippen molar-refractivity contribution in [2.45, 2.75) is 19.9 Å². The van der Waals surface area contributed by atoms with E-state index < -0.39 is 0 Å². The molecular formula is C9H17N3. The molecule has 1 fully saturated rings. The van der Waals surface area contributed by atoms with Crippen LogP contribution in [0.3, 0.4) is 0 Å². The second-order valence-electron chi connectivity index (χ2n) is 3.87. The van der Waals surface area contributed by atoms with E-state index in [9.17, 15) is 0 Å². The molecule has 12 heavy (non-hydrogen) atoms. The van der Waals surface area contributed by atoms with E-state index in [2.05, 4.69) is 32.0 Å². The van der Waals surface area contributed by atoms with Crippen LogP contribution in [0.1, 0.15) is 13.8 Å². The standard InChI is InChI=1S/C9H17N3/c1-8(2)9-6-11(3)4-5-12(9)7-10/h8-9H,4-6H2,1-3H3. The zero-order valence-electron chi connectivity index (χ0n) is 8.12. The van der Waals surface area contributed by atoms with Gasteiger partial charge in [-0.3, -0.25) is 0 Å². The molecule has 0 N–H and O–H groups in total. The van der Waals surface area contributed by atoms with Crippen molar-refractivity contribution >= 4 is 0 Å². The highest BCUT2D eigenvalue weighted by Gasteiger charge is 2.26. The van der Waals surface area contributed by atoms with Gasteiger partial charge in [0.25, 0.3) is 0 Å². The Hall–Kier alpha value is -0.750. The lowest BCUT2D eigenvalue weighted by molar-refractivity contribution is 0.109. The molecule has 1 heterocycles. The van der Waals surface area contributed by atoms with Gasteiger partial charge in [0.05, 0.1) is 6.04 Å². The topological polar surface area (TPSA) is 30.3 Å². The van der Waals surface area contributed by atoms with Crippen molar-refractivity contribution in [3.63, 3.8) is 0 Å². The molecule has 1 atom stereocenters. The Kier molecular flexibility index (Phi) is 2.93. The van der Waals surface area contributed by atoms with Crippen LogP contribution in [0.15, 0.2) is 0 Å². The third kappa shape index (κ3) is 1.89. The quantitative estimate of drug-likeness (QED) is 0.540. The highest BCUT2D eigenvalue weighted by molar-refractivity contribution is 4.89. The van der Waals surface area contributed by atoms with Crippen LogP contribution in [0.25, 0.3) is 0 Å². The van der Waals surface area contributed by atoms with E-state index in [0.717, 1.165) is 19.6 Å². The first kappa shape index (κ1) is 9.34. The molecule has 0 bridgehead atoms. The predicted octanol–water partition coefficient (Wildman–Crippen LogP) is 0.739. The van der Waals surface area contributed by atoms with Gasteiger partial charge in [-0.15, -0.1) is 0 Å². The fourth-order valence-corrected chi connectivity index (χ4v) is 1.65. The maximum absolute atomic E-state index is 8.85. The Bertz CT molecular complexity index is 183. The second-order valence-corrected chi connectivity index (χ2v) is 3.87. The second kappa shape index (κ2) is 3.77. The smallest absolute Gasteiger partial charge is 0.179 e. The Morgan fingerprint density at radius 3 is 2.58 bits per heavy atom. The third-order valence-electron chi connectivity index (χ3n) is 2.52. The van der Waals surface area contributed by atoms with Crippen LogP contribution < -0.4 is 0 Å². The van der Waals surface area contributed by atoms with Crippen LogP contribution >= 0.6 is 0 Å². The molecule has 0 aromatic heterocycles. The maximum Gasteiger partial charge on any atom is 0.179 e. The number of nitriles is 1. The van der Waals surface area contributed by atoms with Gasteiger partial charge in [-0.1, -0.05) is 13.8 Å². The average Bonchev–Trinajstić information content (AvgIpc) is 2.04. The van der Waals surface area contributed by atoms with Gasteiger partial charge >= 0.3 is 0 Å². The minimum atomic E-state index is 0.411. The van der Waals surface area contributed by atoms with Gasteiger partial charge < -0.3 is 9.80 Å². The number of likely N-dealkylation sites (N-methyl/N-ethyl adjacent to an activating group) is 1. The van der Waals surface area contributed by atoms with Crippen molar-refractivity contribution in [2.24, 2.45) is 5.92 Å². The summed E-state index contributed by atoms with van der Waals surface area (Å²) < 4.78 is 0. The fraction of sp³-hybridized carbons (Fsp3) is 0.889. The van der Waals surface area contributed by atoms with Gasteiger partial charge in [0.1, 0.15) is 0 Å². The maximum atomic E-state index is 8.85. The van der Waals surface area contributed by atoms with Crippen LogP contribution in [0.4, 0.5) is 0 Å². The Labute approximate surface area is 74.6 Å². The first-order chi connectivity index (χ1) is 5.65. The molecule has 0 aromatic rings. The van der Waals surface area contributed by atoms with Crippen molar-refractivity contribution in [3.8, 4) is 6.19 Å². The minimum Gasteiger partial charge on any atom is -0.305 e. The SMILES string of the molecule is CC(C)C1CN(C)CCN1C#N. The Morgan fingerprint density at radius 1 is 1.42 bits per heavy atom. The first-order valence-electron chi connectivity index (χ1n) is 4.50. The Balaban J connectivity index is 2.59. The molecule has 68 valence electrons. The molecule has 0 spiro atoms. The fourth-order valence-electron chi connectivity index (χ4n) is 1.65. The van der Waals surface area contributed by atoms with Crippen molar-refractivity contribution in [3.05, 3.63) is 0 Å². The summed E-state index contributed by atoms with van der Waals surface area (Å²) in [6.07, 6.45) is 2.26. The minimum absolute atomic E-state index is 0.411. The highest BCUT2D eigenvalue weighted by Crippen LogP contribution is 2.14. The highest BCUT2D eigenvalue weighted by atomic mass is 15.3. The van der Waals surface area contributed by atoms with E-state index in [1.54, 1.807) is 0 Å². The molecule has 1 unspecified atom stereocenters. The first-order valence-corrected chi connectivity index (χ1v) is 4.50. The molecule has 1 aliphatic rings. The zero-order chi connectivity index (χ0) is 9.14. The number of nitrogens with zero attached hydrogens (tertiary/aromatic N) is 3. The molecular weight excluding hydrogens is 150 g/mol. The number of rotatable bonds is 1. The number of hydrogen-bond donors (Lipinski definition) is 0. The van der Waals surface area contributed by atoms with Gasteiger partial charge in [0, 0.05) is 19.6 Å². The normalized spacial score (nSPS) is 25.9. The summed E-state index contributed by atoms with van der Waals surface area (Å²) in [7, 11) is 2.12. The summed E-state index contributed by atoms with van der Waals surface area (Å²) in [6.45, 7) is 7.26. The van der Waals surface area contributed by atoms with Gasteiger partial charge in [0.15, 0.2) is 6.19 Å². The van der Waals surface area contributed by atoms with Crippen molar-refractivity contribution < 1.29 is 0 Å². The summed E-state index contributed by atoms with van der Waals surface area (Å²) in [5.74, 6) is 0.562. The van der Waals surface area contributed by atoms with Crippen LogP contribution in [0.5, 0.6) is 0 Å². The van der Waals surface area contributed by atoms with Crippen LogP contribution in [-0.4, -0.2) is 42.5 Å². The lowest BCUT2D eigenvalue weighted by Crippen LogP contribution is -2.51. The molecule has 0 aromatic carbocycles. The molecule has 0 saturated carbocycles. The van der Waals surface area contributed by atoms with Gasteiger partial charge in [-0.05, 0) is 13.0 Å². The zero-order valence-corrected chi connectivity index (χ0v) is 8.12. The average molecular weight is 167 g/mol. The molecule has 0 aliphatic carbocycles. The van der Waals surface area contributed by atoms with Crippen molar-refractivity contribution in [2.75, 3.05) is 26.7 Å².